The average Bonchev–Trinajstić information content (AvgIpc) is 2.42. The number of carbonyl (C=O) groups excluding carboxylic acids is 1. The highest BCUT2D eigenvalue weighted by molar-refractivity contribution is 5.91. The van der Waals surface area contributed by atoms with Crippen molar-refractivity contribution in [3.05, 3.63) is 30.1 Å². The molecule has 0 unspecified atom stereocenters. The second-order valence-corrected chi connectivity index (χ2v) is 4.23. The monoisotopic (exact) mass is 267 g/mol. The Morgan fingerprint density at radius 2 is 1.79 bits per heavy atom. The summed E-state index contributed by atoms with van der Waals surface area (Å²) in [4.78, 5) is 15.8. The highest BCUT2D eigenvalue weighted by atomic mass is 19.1. The zero-order valence-electron chi connectivity index (χ0n) is 11.6. The Kier molecular flexibility index (Phi) is 6.29. The molecule has 0 atom stereocenters. The fourth-order valence-corrected chi connectivity index (χ4v) is 1.87. The first kappa shape index (κ1) is 15.4. The van der Waals surface area contributed by atoms with Gasteiger partial charge in [-0.05, 0) is 51.1 Å². The molecule has 0 aliphatic carbocycles. The highest BCUT2D eigenvalue weighted by Gasteiger charge is 2.19. The molecule has 106 valence electrons. The zero-order valence-corrected chi connectivity index (χ0v) is 11.6. The predicted octanol–water partition coefficient (Wildman–Crippen LogP) is 2.44. The molecule has 0 radical (unpaired) electrons. The van der Waals surface area contributed by atoms with Crippen molar-refractivity contribution in [2.45, 2.75) is 20.3 Å². The van der Waals surface area contributed by atoms with Gasteiger partial charge in [-0.15, -0.1) is 0 Å². The van der Waals surface area contributed by atoms with Gasteiger partial charge in [-0.3, -0.25) is 4.90 Å². The van der Waals surface area contributed by atoms with Crippen molar-refractivity contribution in [2.75, 3.05) is 31.1 Å². The molecule has 2 N–H and O–H groups in total. The lowest BCUT2D eigenvalue weighted by molar-refractivity contribution is 0.210. The van der Waals surface area contributed by atoms with E-state index >= 15 is 0 Å². The molecule has 19 heavy (non-hydrogen) atoms. The van der Waals surface area contributed by atoms with E-state index in [9.17, 15) is 9.18 Å². The Morgan fingerprint density at radius 1 is 1.21 bits per heavy atom. The molecule has 0 aliphatic heterocycles. The van der Waals surface area contributed by atoms with Crippen LogP contribution in [0.3, 0.4) is 0 Å². The third-order valence-electron chi connectivity index (χ3n) is 2.99. The summed E-state index contributed by atoms with van der Waals surface area (Å²) in [6, 6.07) is 5.89. The van der Waals surface area contributed by atoms with Crippen molar-refractivity contribution in [3.63, 3.8) is 0 Å². The lowest BCUT2D eigenvalue weighted by atomic mass is 10.2. The second kappa shape index (κ2) is 7.74. The Balaban J connectivity index is 2.93. The van der Waals surface area contributed by atoms with Crippen LogP contribution in [0.25, 0.3) is 0 Å². The molecule has 0 fully saturated rings. The maximum atomic E-state index is 13.0. The van der Waals surface area contributed by atoms with Gasteiger partial charge in [0.05, 0.1) is 0 Å². The van der Waals surface area contributed by atoms with E-state index in [0.29, 0.717) is 38.3 Å². The van der Waals surface area contributed by atoms with E-state index in [1.807, 2.05) is 13.8 Å². The summed E-state index contributed by atoms with van der Waals surface area (Å²) in [6.07, 6.45) is 0.713. The van der Waals surface area contributed by atoms with Gasteiger partial charge in [-0.25, -0.2) is 9.18 Å². The minimum atomic E-state index is -0.308. The number of rotatable bonds is 6. The Bertz CT molecular complexity index is 390. The molecule has 0 aromatic heterocycles. The van der Waals surface area contributed by atoms with E-state index in [0.717, 1.165) is 0 Å². The summed E-state index contributed by atoms with van der Waals surface area (Å²) in [6.45, 7) is 6.23. The molecule has 4 nitrogen and oxygen atoms in total. The van der Waals surface area contributed by atoms with Crippen LogP contribution in [-0.4, -0.2) is 37.1 Å². The minimum Gasteiger partial charge on any atom is -0.330 e. The smallest absolute Gasteiger partial charge is 0.324 e. The van der Waals surface area contributed by atoms with Crippen molar-refractivity contribution in [1.29, 1.82) is 0 Å². The van der Waals surface area contributed by atoms with Gasteiger partial charge in [-0.1, -0.05) is 0 Å². The van der Waals surface area contributed by atoms with E-state index in [4.69, 9.17) is 5.73 Å². The summed E-state index contributed by atoms with van der Waals surface area (Å²) in [5, 5.41) is 0. The number of benzene rings is 1. The summed E-state index contributed by atoms with van der Waals surface area (Å²) in [5.41, 5.74) is 6.21. The number of amides is 2. The van der Waals surface area contributed by atoms with Crippen molar-refractivity contribution in [1.82, 2.24) is 4.90 Å². The summed E-state index contributed by atoms with van der Waals surface area (Å²) < 4.78 is 13.0. The van der Waals surface area contributed by atoms with E-state index in [1.54, 1.807) is 21.9 Å². The Morgan fingerprint density at radius 3 is 2.26 bits per heavy atom. The van der Waals surface area contributed by atoms with Gasteiger partial charge in [0, 0.05) is 25.3 Å². The molecule has 0 saturated carbocycles. The number of nitrogens with zero attached hydrogens (tertiary/aromatic N) is 2. The van der Waals surface area contributed by atoms with Crippen LogP contribution in [0.4, 0.5) is 14.9 Å². The zero-order chi connectivity index (χ0) is 14.3. The maximum Gasteiger partial charge on any atom is 0.324 e. The van der Waals surface area contributed by atoms with Gasteiger partial charge in [-0.2, -0.15) is 0 Å². The van der Waals surface area contributed by atoms with Gasteiger partial charge < -0.3 is 10.6 Å². The molecule has 2 amide bonds. The first-order valence-electron chi connectivity index (χ1n) is 6.66. The first-order chi connectivity index (χ1) is 9.13. The van der Waals surface area contributed by atoms with Crippen molar-refractivity contribution in [2.24, 2.45) is 5.73 Å². The van der Waals surface area contributed by atoms with Crippen LogP contribution in [0.1, 0.15) is 20.3 Å². The topological polar surface area (TPSA) is 49.6 Å². The number of halogens is 1. The minimum absolute atomic E-state index is 0.0648. The third-order valence-corrected chi connectivity index (χ3v) is 2.99. The van der Waals surface area contributed by atoms with Crippen LogP contribution in [-0.2, 0) is 0 Å². The molecule has 5 heteroatoms. The van der Waals surface area contributed by atoms with Crippen LogP contribution in [0.15, 0.2) is 24.3 Å². The van der Waals surface area contributed by atoms with E-state index in [2.05, 4.69) is 0 Å². The summed E-state index contributed by atoms with van der Waals surface area (Å²) in [7, 11) is 0. The van der Waals surface area contributed by atoms with Crippen LogP contribution < -0.4 is 10.6 Å². The van der Waals surface area contributed by atoms with E-state index in [1.165, 1.54) is 12.1 Å². The molecule has 1 aromatic rings. The molecule has 0 bridgehead atoms. The van der Waals surface area contributed by atoms with E-state index in [-0.39, 0.29) is 11.8 Å². The molecule has 0 spiro atoms. The van der Waals surface area contributed by atoms with Crippen molar-refractivity contribution >= 4 is 11.7 Å². The number of anilines is 1. The quantitative estimate of drug-likeness (QED) is 0.860. The van der Waals surface area contributed by atoms with Gasteiger partial charge in [0.1, 0.15) is 5.82 Å². The summed E-state index contributed by atoms with van der Waals surface area (Å²) >= 11 is 0. The van der Waals surface area contributed by atoms with Crippen LogP contribution in [0, 0.1) is 5.82 Å². The molecule has 0 heterocycles. The molecule has 1 rings (SSSR count). The number of nitrogens with two attached hydrogens (primary N) is 1. The van der Waals surface area contributed by atoms with Gasteiger partial charge >= 0.3 is 6.03 Å². The standard InChI is InChI=1S/C14H22FN3O/c1-3-17(4-2)14(19)18(11-5-10-16)13-8-6-12(15)7-9-13/h6-9H,3-5,10-11,16H2,1-2H3. The molecular formula is C14H22FN3O. The molecule has 0 saturated heterocycles. The van der Waals surface area contributed by atoms with Crippen LogP contribution in [0.5, 0.6) is 0 Å². The van der Waals surface area contributed by atoms with Crippen LogP contribution in [0.2, 0.25) is 0 Å². The predicted molar refractivity (Wildman–Crippen MR) is 75.7 cm³/mol. The molecular weight excluding hydrogens is 245 g/mol. The van der Waals surface area contributed by atoms with Gasteiger partial charge in [0.2, 0.25) is 0 Å². The maximum absolute atomic E-state index is 13.0. The first-order valence-corrected chi connectivity index (χ1v) is 6.66. The number of hydrogen-bond donors (Lipinski definition) is 1. The molecule has 0 aliphatic rings. The largest absolute Gasteiger partial charge is 0.330 e. The fraction of sp³-hybridized carbons (Fsp3) is 0.500. The number of hydrogen-bond acceptors (Lipinski definition) is 2. The average molecular weight is 267 g/mol. The lowest BCUT2D eigenvalue weighted by Gasteiger charge is -2.29. The van der Waals surface area contributed by atoms with Crippen LogP contribution >= 0.6 is 0 Å². The second-order valence-electron chi connectivity index (χ2n) is 4.23. The van der Waals surface area contributed by atoms with Gasteiger partial charge in [0.25, 0.3) is 0 Å². The Labute approximate surface area is 114 Å². The van der Waals surface area contributed by atoms with E-state index < -0.39 is 0 Å². The van der Waals surface area contributed by atoms with Crippen molar-refractivity contribution < 1.29 is 9.18 Å². The Hall–Kier alpha value is -1.62. The SMILES string of the molecule is CCN(CC)C(=O)N(CCCN)c1ccc(F)cc1. The number of urea groups is 1. The van der Waals surface area contributed by atoms with Gasteiger partial charge in [0.15, 0.2) is 0 Å². The normalized spacial score (nSPS) is 10.3. The fourth-order valence-electron chi connectivity index (χ4n) is 1.87. The molecule has 1 aromatic carbocycles. The lowest BCUT2D eigenvalue weighted by Crippen LogP contribution is -2.44. The van der Waals surface area contributed by atoms with Crippen molar-refractivity contribution in [3.8, 4) is 0 Å². The summed E-state index contributed by atoms with van der Waals surface area (Å²) in [5.74, 6) is -0.308. The highest BCUT2D eigenvalue weighted by Crippen LogP contribution is 2.17. The number of carbonyl (C=O) groups is 1. The third kappa shape index (κ3) is 4.21.